The molecule has 21 heavy (non-hydrogen) atoms. The van der Waals surface area contributed by atoms with Crippen molar-refractivity contribution in [3.8, 4) is 0 Å². The first-order valence-corrected chi connectivity index (χ1v) is 6.62. The average molecular weight is 292 g/mol. The molecule has 3 N–H and O–H groups in total. The number of hydrogen-bond acceptors (Lipinski definition) is 3. The summed E-state index contributed by atoms with van der Waals surface area (Å²) in [5.41, 5.74) is 1.31. The van der Waals surface area contributed by atoms with Crippen molar-refractivity contribution in [3.63, 3.8) is 0 Å². The Morgan fingerprint density at radius 2 is 1.71 bits per heavy atom. The molecule has 0 aromatic heterocycles. The lowest BCUT2D eigenvalue weighted by Crippen LogP contribution is -2.37. The van der Waals surface area contributed by atoms with Gasteiger partial charge in [-0.05, 0) is 17.0 Å². The predicted molar refractivity (Wildman–Crippen MR) is 79.0 cm³/mol. The van der Waals surface area contributed by atoms with Crippen molar-refractivity contribution in [3.05, 3.63) is 29.8 Å². The van der Waals surface area contributed by atoms with Crippen LogP contribution in [0.4, 0.5) is 5.69 Å². The first-order chi connectivity index (χ1) is 9.71. The molecule has 2 amide bonds. The van der Waals surface area contributed by atoms with Gasteiger partial charge in [0.15, 0.2) is 0 Å². The molecule has 1 rings (SSSR count). The molecule has 0 unspecified atom stereocenters. The van der Waals surface area contributed by atoms with E-state index in [1.807, 2.05) is 32.9 Å². The number of hydrogen-bond donors (Lipinski definition) is 3. The van der Waals surface area contributed by atoms with Crippen LogP contribution in [0.5, 0.6) is 0 Å². The smallest absolute Gasteiger partial charge is 0.313 e. The SMILES string of the molecule is CC(C)(C)c1ccccc1NC(=O)C(=O)NCCC(=O)O. The normalized spacial score (nSPS) is 10.8. The number of amides is 2. The van der Waals surface area contributed by atoms with E-state index in [0.29, 0.717) is 5.69 Å². The first-order valence-electron chi connectivity index (χ1n) is 6.62. The molecule has 6 heteroatoms. The largest absolute Gasteiger partial charge is 0.481 e. The molecule has 0 bridgehead atoms. The number of carbonyl (C=O) groups is 3. The summed E-state index contributed by atoms with van der Waals surface area (Å²) in [6.45, 7) is 5.93. The van der Waals surface area contributed by atoms with Crippen molar-refractivity contribution in [2.45, 2.75) is 32.6 Å². The van der Waals surface area contributed by atoms with Crippen LogP contribution in [0.15, 0.2) is 24.3 Å². The minimum atomic E-state index is -1.03. The summed E-state index contributed by atoms with van der Waals surface area (Å²) in [5, 5.41) is 13.3. The van der Waals surface area contributed by atoms with Crippen molar-refractivity contribution in [2.24, 2.45) is 0 Å². The fraction of sp³-hybridized carbons (Fsp3) is 0.400. The third-order valence-electron chi connectivity index (χ3n) is 2.81. The second-order valence-corrected chi connectivity index (χ2v) is 5.65. The van der Waals surface area contributed by atoms with Crippen LogP contribution in [0, 0.1) is 0 Å². The average Bonchev–Trinajstić information content (AvgIpc) is 2.37. The van der Waals surface area contributed by atoms with E-state index in [1.165, 1.54) is 0 Å². The number of benzene rings is 1. The lowest BCUT2D eigenvalue weighted by atomic mass is 9.86. The Balaban J connectivity index is 2.71. The monoisotopic (exact) mass is 292 g/mol. The molecule has 0 atom stereocenters. The van der Waals surface area contributed by atoms with Crippen LogP contribution in [0.1, 0.15) is 32.8 Å². The minimum Gasteiger partial charge on any atom is -0.481 e. The van der Waals surface area contributed by atoms with E-state index in [1.54, 1.807) is 12.1 Å². The fourth-order valence-electron chi connectivity index (χ4n) is 1.79. The third kappa shape index (κ3) is 5.25. The number of carboxylic acids is 1. The van der Waals surface area contributed by atoms with Crippen LogP contribution in [0.2, 0.25) is 0 Å². The molecular formula is C15H20N2O4. The number of aliphatic carboxylic acids is 1. The van der Waals surface area contributed by atoms with Gasteiger partial charge in [-0.1, -0.05) is 39.0 Å². The molecule has 0 aliphatic heterocycles. The second kappa shape index (κ2) is 6.88. The van der Waals surface area contributed by atoms with Gasteiger partial charge >= 0.3 is 17.8 Å². The predicted octanol–water partition coefficient (Wildman–Crippen LogP) is 1.51. The van der Waals surface area contributed by atoms with Gasteiger partial charge in [-0.25, -0.2) is 0 Å². The molecule has 6 nitrogen and oxygen atoms in total. The molecule has 114 valence electrons. The van der Waals surface area contributed by atoms with Gasteiger partial charge in [-0.2, -0.15) is 0 Å². The lowest BCUT2D eigenvalue weighted by molar-refractivity contribution is -0.138. The van der Waals surface area contributed by atoms with Crippen molar-refractivity contribution in [1.82, 2.24) is 5.32 Å². The van der Waals surface area contributed by atoms with Gasteiger partial charge in [0.1, 0.15) is 0 Å². The zero-order valence-corrected chi connectivity index (χ0v) is 12.4. The maximum Gasteiger partial charge on any atom is 0.313 e. The van der Waals surface area contributed by atoms with Gasteiger partial charge in [-0.15, -0.1) is 0 Å². The van der Waals surface area contributed by atoms with Gasteiger partial charge in [-0.3, -0.25) is 14.4 Å². The van der Waals surface area contributed by atoms with E-state index in [-0.39, 0.29) is 18.4 Å². The fourth-order valence-corrected chi connectivity index (χ4v) is 1.79. The maximum absolute atomic E-state index is 11.8. The highest BCUT2D eigenvalue weighted by molar-refractivity contribution is 6.39. The number of nitrogens with one attached hydrogen (secondary N) is 2. The van der Waals surface area contributed by atoms with Gasteiger partial charge in [0, 0.05) is 12.2 Å². The van der Waals surface area contributed by atoms with Crippen molar-refractivity contribution in [1.29, 1.82) is 0 Å². The van der Waals surface area contributed by atoms with Crippen LogP contribution in [-0.4, -0.2) is 29.4 Å². The summed E-state index contributed by atoms with van der Waals surface area (Å²) in [4.78, 5) is 33.7. The number of carboxylic acid groups (broad SMARTS) is 1. The van der Waals surface area contributed by atoms with Gasteiger partial charge < -0.3 is 15.7 Å². The molecule has 0 aliphatic carbocycles. The lowest BCUT2D eigenvalue weighted by Gasteiger charge is -2.22. The van der Waals surface area contributed by atoms with Crippen molar-refractivity contribution >= 4 is 23.5 Å². The summed E-state index contributed by atoms with van der Waals surface area (Å²) in [5.74, 6) is -2.69. The quantitative estimate of drug-likeness (QED) is 0.733. The van der Waals surface area contributed by atoms with Crippen LogP contribution in [-0.2, 0) is 19.8 Å². The van der Waals surface area contributed by atoms with Crippen LogP contribution in [0.25, 0.3) is 0 Å². The van der Waals surface area contributed by atoms with Gasteiger partial charge in [0.2, 0.25) is 0 Å². The number of carbonyl (C=O) groups excluding carboxylic acids is 2. The van der Waals surface area contributed by atoms with Gasteiger partial charge in [0.05, 0.1) is 6.42 Å². The Kier molecular flexibility index (Phi) is 5.46. The minimum absolute atomic E-state index is 0.0808. The van der Waals surface area contributed by atoms with Crippen LogP contribution in [0.3, 0.4) is 0 Å². The first kappa shape index (κ1) is 16.7. The molecular weight excluding hydrogens is 272 g/mol. The molecule has 0 radical (unpaired) electrons. The Hall–Kier alpha value is -2.37. The Morgan fingerprint density at radius 1 is 1.10 bits per heavy atom. The second-order valence-electron chi connectivity index (χ2n) is 5.65. The van der Waals surface area contributed by atoms with E-state index in [9.17, 15) is 14.4 Å². The van der Waals surface area contributed by atoms with Crippen LogP contribution < -0.4 is 10.6 Å². The molecule has 0 aliphatic rings. The van der Waals surface area contributed by atoms with E-state index in [4.69, 9.17) is 5.11 Å². The molecule has 0 spiro atoms. The zero-order chi connectivity index (χ0) is 16.0. The summed E-state index contributed by atoms with van der Waals surface area (Å²) < 4.78 is 0. The Bertz CT molecular complexity index is 547. The van der Waals surface area contributed by atoms with E-state index in [2.05, 4.69) is 10.6 Å². The topological polar surface area (TPSA) is 95.5 Å². The summed E-state index contributed by atoms with van der Waals surface area (Å²) in [6, 6.07) is 7.25. The summed E-state index contributed by atoms with van der Waals surface area (Å²) in [7, 11) is 0. The molecule has 0 fully saturated rings. The number of anilines is 1. The van der Waals surface area contributed by atoms with Crippen molar-refractivity contribution in [2.75, 3.05) is 11.9 Å². The van der Waals surface area contributed by atoms with E-state index < -0.39 is 17.8 Å². The third-order valence-corrected chi connectivity index (χ3v) is 2.81. The number of para-hydroxylation sites is 1. The zero-order valence-electron chi connectivity index (χ0n) is 12.4. The molecule has 0 heterocycles. The molecule has 0 saturated carbocycles. The summed E-state index contributed by atoms with van der Waals surface area (Å²) >= 11 is 0. The highest BCUT2D eigenvalue weighted by Crippen LogP contribution is 2.29. The maximum atomic E-state index is 11.8. The highest BCUT2D eigenvalue weighted by Gasteiger charge is 2.20. The Morgan fingerprint density at radius 3 is 2.29 bits per heavy atom. The van der Waals surface area contributed by atoms with Crippen LogP contribution >= 0.6 is 0 Å². The molecule has 1 aromatic carbocycles. The summed E-state index contributed by atoms with van der Waals surface area (Å²) in [6.07, 6.45) is -0.225. The van der Waals surface area contributed by atoms with E-state index in [0.717, 1.165) is 5.56 Å². The van der Waals surface area contributed by atoms with E-state index >= 15 is 0 Å². The van der Waals surface area contributed by atoms with Crippen molar-refractivity contribution < 1.29 is 19.5 Å². The molecule has 1 aromatic rings. The molecule has 0 saturated heterocycles. The standard InChI is InChI=1S/C15H20N2O4/c1-15(2,3)10-6-4-5-7-11(10)17-14(21)13(20)16-9-8-12(18)19/h4-7H,8-9H2,1-3H3,(H,16,20)(H,17,21)(H,18,19). The Labute approximate surface area is 123 Å². The highest BCUT2D eigenvalue weighted by atomic mass is 16.4. The van der Waals surface area contributed by atoms with Gasteiger partial charge in [0.25, 0.3) is 0 Å². The number of rotatable bonds is 4.